The van der Waals surface area contributed by atoms with Crippen LogP contribution in [0.3, 0.4) is 0 Å². The van der Waals surface area contributed by atoms with Crippen molar-refractivity contribution in [1.82, 2.24) is 10.3 Å². The third-order valence-corrected chi connectivity index (χ3v) is 6.90. The number of carbonyl (C=O) groups excluding carboxylic acids is 1. The van der Waals surface area contributed by atoms with Gasteiger partial charge in [-0.1, -0.05) is 35.3 Å². The Kier molecular flexibility index (Phi) is 7.19. The molecule has 0 aliphatic heterocycles. The molecule has 0 spiro atoms. The fourth-order valence-electron chi connectivity index (χ4n) is 4.62. The molecular formula is C25H28Cl2N2O4. The van der Waals surface area contributed by atoms with E-state index in [4.69, 9.17) is 32.7 Å². The number of aromatic amines is 1. The molecule has 0 bridgehead atoms. The first-order chi connectivity index (χ1) is 15.8. The molecule has 2 aromatic carbocycles. The van der Waals surface area contributed by atoms with Crippen molar-refractivity contribution in [2.24, 2.45) is 0 Å². The van der Waals surface area contributed by atoms with E-state index >= 15 is 0 Å². The van der Waals surface area contributed by atoms with E-state index in [1.807, 2.05) is 24.3 Å². The molecule has 1 aromatic heterocycles. The van der Waals surface area contributed by atoms with Crippen LogP contribution in [0.2, 0.25) is 10.0 Å². The van der Waals surface area contributed by atoms with Crippen molar-refractivity contribution in [3.8, 4) is 5.75 Å². The monoisotopic (exact) mass is 490 g/mol. The molecule has 6 nitrogen and oxygen atoms in total. The standard InChI is InChI=1S/C25H28Cl2N2O4/c1-3-33-24(30)23-19(22-20(27)12-16(26)13-21(22)29-23)14-28-17-7-9-25(31,10-8-17)15-5-4-6-18(11-15)32-2/h4-6,11-13,17,28-29,31H,3,7-10,14H2,1-2H3. The van der Waals surface area contributed by atoms with Crippen LogP contribution in [0.25, 0.3) is 10.9 Å². The molecule has 0 saturated heterocycles. The molecule has 3 aromatic rings. The van der Waals surface area contributed by atoms with Crippen molar-refractivity contribution in [1.29, 1.82) is 0 Å². The van der Waals surface area contributed by atoms with E-state index in [1.165, 1.54) is 0 Å². The number of hydrogen-bond donors (Lipinski definition) is 3. The van der Waals surface area contributed by atoms with Crippen LogP contribution >= 0.6 is 23.2 Å². The van der Waals surface area contributed by atoms with Gasteiger partial charge < -0.3 is 24.9 Å². The highest BCUT2D eigenvalue weighted by Gasteiger charge is 2.35. The first-order valence-electron chi connectivity index (χ1n) is 11.1. The summed E-state index contributed by atoms with van der Waals surface area (Å²) in [6.07, 6.45) is 2.86. The Hall–Kier alpha value is -2.25. The van der Waals surface area contributed by atoms with Gasteiger partial charge in [0.25, 0.3) is 0 Å². The Balaban J connectivity index is 1.50. The maximum absolute atomic E-state index is 12.6. The van der Waals surface area contributed by atoms with Crippen LogP contribution in [-0.4, -0.2) is 35.8 Å². The highest BCUT2D eigenvalue weighted by atomic mass is 35.5. The number of halogens is 2. The predicted octanol–water partition coefficient (Wildman–Crippen LogP) is 5.58. The lowest BCUT2D eigenvalue weighted by molar-refractivity contribution is -0.00861. The van der Waals surface area contributed by atoms with E-state index in [1.54, 1.807) is 26.2 Å². The number of rotatable bonds is 7. The van der Waals surface area contributed by atoms with Crippen LogP contribution in [0, 0.1) is 0 Å². The zero-order valence-corrected chi connectivity index (χ0v) is 20.2. The van der Waals surface area contributed by atoms with Crippen molar-refractivity contribution in [3.63, 3.8) is 0 Å². The van der Waals surface area contributed by atoms with Crippen LogP contribution in [0.1, 0.15) is 54.2 Å². The number of nitrogens with one attached hydrogen (secondary N) is 2. The number of H-pyrrole nitrogens is 1. The van der Waals surface area contributed by atoms with Crippen LogP contribution in [-0.2, 0) is 16.9 Å². The van der Waals surface area contributed by atoms with Crippen molar-refractivity contribution in [2.45, 2.75) is 50.8 Å². The van der Waals surface area contributed by atoms with Gasteiger partial charge in [0.2, 0.25) is 0 Å². The van der Waals surface area contributed by atoms with Crippen LogP contribution in [0.15, 0.2) is 36.4 Å². The Morgan fingerprint density at radius 2 is 2.00 bits per heavy atom. The van der Waals surface area contributed by atoms with Crippen molar-refractivity contribution in [2.75, 3.05) is 13.7 Å². The smallest absolute Gasteiger partial charge is 0.355 e. The van der Waals surface area contributed by atoms with Gasteiger partial charge in [-0.3, -0.25) is 0 Å². The average molecular weight is 491 g/mol. The summed E-state index contributed by atoms with van der Waals surface area (Å²) in [7, 11) is 1.62. The van der Waals surface area contributed by atoms with Crippen molar-refractivity contribution >= 4 is 40.1 Å². The van der Waals surface area contributed by atoms with Crippen LogP contribution in [0.5, 0.6) is 5.75 Å². The highest BCUT2D eigenvalue weighted by Crippen LogP contribution is 2.39. The molecule has 0 atom stereocenters. The number of ether oxygens (including phenoxy) is 2. The van der Waals surface area contributed by atoms with E-state index in [9.17, 15) is 9.90 Å². The van der Waals surface area contributed by atoms with Gasteiger partial charge >= 0.3 is 5.97 Å². The molecule has 8 heteroatoms. The van der Waals surface area contributed by atoms with Gasteiger partial charge in [-0.25, -0.2) is 4.79 Å². The van der Waals surface area contributed by atoms with Gasteiger partial charge in [0, 0.05) is 34.1 Å². The Labute approximate surface area is 203 Å². The minimum atomic E-state index is -0.871. The van der Waals surface area contributed by atoms with E-state index in [2.05, 4.69) is 10.3 Å². The molecule has 176 valence electrons. The number of benzene rings is 2. The van der Waals surface area contributed by atoms with Gasteiger partial charge in [0.1, 0.15) is 11.4 Å². The van der Waals surface area contributed by atoms with Crippen LogP contribution < -0.4 is 10.1 Å². The summed E-state index contributed by atoms with van der Waals surface area (Å²) in [5.74, 6) is 0.317. The lowest BCUT2D eigenvalue weighted by Crippen LogP contribution is -2.39. The summed E-state index contributed by atoms with van der Waals surface area (Å²) in [6.45, 7) is 2.49. The SMILES string of the molecule is CCOC(=O)c1[nH]c2cc(Cl)cc(Cl)c2c1CNC1CCC(O)(c2cccc(OC)c2)CC1. The van der Waals surface area contributed by atoms with E-state index in [0.29, 0.717) is 40.6 Å². The minimum Gasteiger partial charge on any atom is -0.497 e. The van der Waals surface area contributed by atoms with Gasteiger partial charge in [0.15, 0.2) is 0 Å². The van der Waals surface area contributed by atoms with Gasteiger partial charge in [-0.2, -0.15) is 0 Å². The average Bonchev–Trinajstić information content (AvgIpc) is 3.17. The summed E-state index contributed by atoms with van der Waals surface area (Å²) in [5, 5.41) is 16.5. The minimum absolute atomic E-state index is 0.196. The zero-order chi connectivity index (χ0) is 23.6. The van der Waals surface area contributed by atoms with E-state index in [-0.39, 0.29) is 12.6 Å². The van der Waals surface area contributed by atoms with Gasteiger partial charge in [-0.15, -0.1) is 0 Å². The molecule has 0 radical (unpaired) electrons. The summed E-state index contributed by atoms with van der Waals surface area (Å²) >= 11 is 12.6. The molecule has 1 aliphatic rings. The molecule has 1 heterocycles. The molecule has 1 fully saturated rings. The number of aromatic nitrogens is 1. The first kappa shape index (κ1) is 23.9. The molecular weight excluding hydrogens is 463 g/mol. The number of hydrogen-bond acceptors (Lipinski definition) is 5. The fraction of sp³-hybridized carbons (Fsp3) is 0.400. The van der Waals surface area contributed by atoms with E-state index < -0.39 is 11.6 Å². The summed E-state index contributed by atoms with van der Waals surface area (Å²) in [6, 6.07) is 11.2. The first-order valence-corrected chi connectivity index (χ1v) is 11.9. The molecule has 1 aliphatic carbocycles. The summed E-state index contributed by atoms with van der Waals surface area (Å²) in [5.41, 5.74) is 1.85. The third kappa shape index (κ3) is 4.99. The predicted molar refractivity (Wildman–Crippen MR) is 130 cm³/mol. The highest BCUT2D eigenvalue weighted by molar-refractivity contribution is 6.39. The second kappa shape index (κ2) is 9.94. The Bertz CT molecular complexity index is 1150. The van der Waals surface area contributed by atoms with Gasteiger partial charge in [-0.05, 0) is 62.4 Å². The Morgan fingerprint density at radius 1 is 1.24 bits per heavy atom. The lowest BCUT2D eigenvalue weighted by atomic mass is 9.77. The number of methoxy groups -OCH3 is 1. The molecule has 0 unspecified atom stereocenters. The molecule has 0 amide bonds. The summed E-state index contributed by atoms with van der Waals surface area (Å²) < 4.78 is 10.5. The number of carbonyl (C=O) groups is 1. The molecule has 1 saturated carbocycles. The molecule has 33 heavy (non-hydrogen) atoms. The van der Waals surface area contributed by atoms with Crippen molar-refractivity contribution < 1.29 is 19.4 Å². The number of aliphatic hydroxyl groups is 1. The van der Waals surface area contributed by atoms with E-state index in [0.717, 1.165) is 35.1 Å². The fourth-order valence-corrected chi connectivity index (χ4v) is 5.22. The quantitative estimate of drug-likeness (QED) is 0.376. The lowest BCUT2D eigenvalue weighted by Gasteiger charge is -2.37. The normalized spacial score (nSPS) is 20.7. The molecule has 3 N–H and O–H groups in total. The Morgan fingerprint density at radius 3 is 2.70 bits per heavy atom. The number of esters is 1. The maximum Gasteiger partial charge on any atom is 0.355 e. The number of fused-ring (bicyclic) bond motifs is 1. The largest absolute Gasteiger partial charge is 0.497 e. The molecule has 4 rings (SSSR count). The second-order valence-corrected chi connectivity index (χ2v) is 9.27. The second-order valence-electron chi connectivity index (χ2n) is 8.43. The van der Waals surface area contributed by atoms with Crippen molar-refractivity contribution in [3.05, 3.63) is 63.3 Å². The van der Waals surface area contributed by atoms with Crippen LogP contribution in [0.4, 0.5) is 0 Å². The summed E-state index contributed by atoms with van der Waals surface area (Å²) in [4.78, 5) is 15.7. The zero-order valence-electron chi connectivity index (χ0n) is 18.7. The maximum atomic E-state index is 12.6. The third-order valence-electron chi connectivity index (χ3n) is 6.39. The van der Waals surface area contributed by atoms with Gasteiger partial charge in [0.05, 0.1) is 24.3 Å². The topological polar surface area (TPSA) is 83.6 Å².